The molecule has 164 valence electrons. The summed E-state index contributed by atoms with van der Waals surface area (Å²) in [4.78, 5) is 6.41. The lowest BCUT2D eigenvalue weighted by atomic mass is 9.94. The van der Waals surface area contributed by atoms with Gasteiger partial charge in [0.25, 0.3) is 0 Å². The number of aromatic nitrogens is 2. The molecule has 2 N–H and O–H groups in total. The smallest absolute Gasteiger partial charge is 0.119 e. The zero-order chi connectivity index (χ0) is 21.6. The average Bonchev–Trinajstić information content (AvgIpc) is 3.34. The van der Waals surface area contributed by atoms with E-state index in [0.29, 0.717) is 19.7 Å². The molecule has 0 unspecified atom stereocenters. The Hall–Kier alpha value is -2.67. The van der Waals surface area contributed by atoms with Crippen molar-refractivity contribution in [3.8, 4) is 5.75 Å². The Kier molecular flexibility index (Phi) is 7.02. The Balaban J connectivity index is 1.35. The van der Waals surface area contributed by atoms with Gasteiger partial charge in [0.2, 0.25) is 0 Å². The van der Waals surface area contributed by atoms with E-state index in [2.05, 4.69) is 26.6 Å². The van der Waals surface area contributed by atoms with E-state index in [1.54, 1.807) is 0 Å². The van der Waals surface area contributed by atoms with Crippen molar-refractivity contribution in [2.75, 3.05) is 19.8 Å². The standard InChI is InChI=1S/C25H31N3O3/c1-19-26-11-13-27(19)12-6-14-31-22-10-5-7-20(15-22)16-28-17-23(25(30)24(28)18-29)21-8-3-2-4-9-21/h2-5,7-11,13,15,23-25,29-30H,6,12,14,16-18H2,1H3/t23-,24-,25-/m1/s1. The van der Waals surface area contributed by atoms with Crippen LogP contribution in [0.4, 0.5) is 0 Å². The summed E-state index contributed by atoms with van der Waals surface area (Å²) in [6.45, 7) is 4.84. The maximum Gasteiger partial charge on any atom is 0.119 e. The second-order valence-electron chi connectivity index (χ2n) is 8.20. The van der Waals surface area contributed by atoms with Gasteiger partial charge >= 0.3 is 0 Å². The molecule has 1 fully saturated rings. The number of hydrogen-bond acceptors (Lipinski definition) is 5. The topological polar surface area (TPSA) is 70.8 Å². The lowest BCUT2D eigenvalue weighted by Gasteiger charge is -2.24. The SMILES string of the molecule is Cc1nccn1CCCOc1cccc(CN2C[C@H](c3ccccc3)[C@@H](O)[C@H]2CO)c1. The number of nitrogens with zero attached hydrogens (tertiary/aromatic N) is 3. The molecule has 0 saturated carbocycles. The van der Waals surface area contributed by atoms with Crippen molar-refractivity contribution in [2.45, 2.75) is 44.5 Å². The van der Waals surface area contributed by atoms with Gasteiger partial charge in [0.1, 0.15) is 11.6 Å². The van der Waals surface area contributed by atoms with Gasteiger partial charge in [-0.25, -0.2) is 4.98 Å². The summed E-state index contributed by atoms with van der Waals surface area (Å²) in [6, 6.07) is 17.9. The minimum absolute atomic E-state index is 0.00409. The zero-order valence-corrected chi connectivity index (χ0v) is 18.0. The van der Waals surface area contributed by atoms with Crippen LogP contribution in [0.25, 0.3) is 0 Å². The summed E-state index contributed by atoms with van der Waals surface area (Å²) in [5, 5.41) is 20.7. The molecular formula is C25H31N3O3. The van der Waals surface area contributed by atoms with Crippen LogP contribution in [-0.2, 0) is 13.1 Å². The van der Waals surface area contributed by atoms with E-state index in [-0.39, 0.29) is 18.6 Å². The van der Waals surface area contributed by atoms with Gasteiger partial charge in [-0.1, -0.05) is 42.5 Å². The minimum atomic E-state index is -0.585. The second-order valence-corrected chi connectivity index (χ2v) is 8.20. The van der Waals surface area contributed by atoms with Crippen molar-refractivity contribution in [1.82, 2.24) is 14.5 Å². The summed E-state index contributed by atoms with van der Waals surface area (Å²) < 4.78 is 8.08. The third kappa shape index (κ3) is 5.15. The largest absolute Gasteiger partial charge is 0.494 e. The van der Waals surface area contributed by atoms with Crippen LogP contribution in [0.5, 0.6) is 5.75 Å². The van der Waals surface area contributed by atoms with E-state index >= 15 is 0 Å². The Morgan fingerprint density at radius 3 is 2.71 bits per heavy atom. The van der Waals surface area contributed by atoms with E-state index < -0.39 is 6.10 Å². The molecule has 0 bridgehead atoms. The monoisotopic (exact) mass is 421 g/mol. The van der Waals surface area contributed by atoms with Gasteiger partial charge in [-0.05, 0) is 36.6 Å². The summed E-state index contributed by atoms with van der Waals surface area (Å²) in [5.41, 5.74) is 2.23. The minimum Gasteiger partial charge on any atom is -0.494 e. The Bertz CT molecular complexity index is 959. The fourth-order valence-corrected chi connectivity index (χ4v) is 4.42. The summed E-state index contributed by atoms with van der Waals surface area (Å²) in [6.07, 6.45) is 4.13. The molecule has 3 aromatic rings. The molecule has 1 aromatic heterocycles. The molecule has 31 heavy (non-hydrogen) atoms. The lowest BCUT2D eigenvalue weighted by molar-refractivity contribution is 0.0641. The van der Waals surface area contributed by atoms with Crippen LogP contribution in [0.3, 0.4) is 0 Å². The number of benzene rings is 2. The summed E-state index contributed by atoms with van der Waals surface area (Å²) in [7, 11) is 0. The molecule has 6 heteroatoms. The van der Waals surface area contributed by atoms with Crippen molar-refractivity contribution in [1.29, 1.82) is 0 Å². The number of hydrogen-bond donors (Lipinski definition) is 2. The highest BCUT2D eigenvalue weighted by Crippen LogP contribution is 2.33. The Morgan fingerprint density at radius 1 is 1.13 bits per heavy atom. The molecule has 6 nitrogen and oxygen atoms in total. The van der Waals surface area contributed by atoms with Crippen LogP contribution in [0.15, 0.2) is 67.0 Å². The first-order chi connectivity index (χ1) is 15.2. The van der Waals surface area contributed by atoms with Gasteiger partial charge in [0, 0.05) is 37.9 Å². The molecule has 1 saturated heterocycles. The fraction of sp³-hybridized carbons (Fsp3) is 0.400. The van der Waals surface area contributed by atoms with E-state index in [9.17, 15) is 10.2 Å². The molecule has 1 aliphatic rings. The number of ether oxygens (including phenoxy) is 1. The van der Waals surface area contributed by atoms with Crippen LogP contribution in [0.1, 0.15) is 29.3 Å². The van der Waals surface area contributed by atoms with E-state index in [1.807, 2.05) is 61.8 Å². The predicted molar refractivity (Wildman–Crippen MR) is 120 cm³/mol. The third-order valence-corrected chi connectivity index (χ3v) is 6.14. The van der Waals surface area contributed by atoms with Gasteiger partial charge in [0.05, 0.1) is 25.4 Å². The molecule has 0 radical (unpaired) electrons. The predicted octanol–water partition coefficient (Wildman–Crippen LogP) is 2.98. The quantitative estimate of drug-likeness (QED) is 0.520. The molecule has 4 rings (SSSR count). The molecular weight excluding hydrogens is 390 g/mol. The third-order valence-electron chi connectivity index (χ3n) is 6.14. The van der Waals surface area contributed by atoms with Crippen LogP contribution >= 0.6 is 0 Å². The number of rotatable bonds is 9. The van der Waals surface area contributed by atoms with Crippen LogP contribution in [-0.4, -0.2) is 56.6 Å². The van der Waals surface area contributed by atoms with Crippen molar-refractivity contribution in [3.05, 3.63) is 83.9 Å². The van der Waals surface area contributed by atoms with Gasteiger partial charge in [0.15, 0.2) is 0 Å². The van der Waals surface area contributed by atoms with Crippen LogP contribution in [0, 0.1) is 6.92 Å². The van der Waals surface area contributed by atoms with Crippen molar-refractivity contribution >= 4 is 0 Å². The van der Waals surface area contributed by atoms with Crippen molar-refractivity contribution in [2.24, 2.45) is 0 Å². The second kappa shape index (κ2) is 10.1. The van der Waals surface area contributed by atoms with E-state index in [1.165, 1.54) is 0 Å². The maximum absolute atomic E-state index is 10.8. The van der Waals surface area contributed by atoms with Gasteiger partial charge in [-0.2, -0.15) is 0 Å². The van der Waals surface area contributed by atoms with Crippen LogP contribution in [0.2, 0.25) is 0 Å². The highest BCUT2D eigenvalue weighted by molar-refractivity contribution is 5.29. The lowest BCUT2D eigenvalue weighted by Crippen LogP contribution is -2.38. The summed E-state index contributed by atoms with van der Waals surface area (Å²) >= 11 is 0. The van der Waals surface area contributed by atoms with Crippen molar-refractivity contribution < 1.29 is 14.9 Å². The normalized spacial score (nSPS) is 21.5. The van der Waals surface area contributed by atoms with Crippen LogP contribution < -0.4 is 4.74 Å². The highest BCUT2D eigenvalue weighted by Gasteiger charge is 2.40. The zero-order valence-electron chi connectivity index (χ0n) is 18.0. The Morgan fingerprint density at radius 2 is 1.97 bits per heavy atom. The van der Waals surface area contributed by atoms with Gasteiger partial charge < -0.3 is 19.5 Å². The number of imidazole rings is 1. The average molecular weight is 422 g/mol. The molecule has 1 aliphatic heterocycles. The Labute approximate surface area is 183 Å². The highest BCUT2D eigenvalue weighted by atomic mass is 16.5. The van der Waals surface area contributed by atoms with E-state index in [0.717, 1.165) is 35.7 Å². The molecule has 0 spiro atoms. The molecule has 3 atom stereocenters. The fourth-order valence-electron chi connectivity index (χ4n) is 4.42. The molecule has 2 heterocycles. The first-order valence-corrected chi connectivity index (χ1v) is 10.9. The number of aliphatic hydroxyl groups is 2. The maximum atomic E-state index is 10.8. The number of likely N-dealkylation sites (tertiary alicyclic amines) is 1. The molecule has 0 amide bonds. The first kappa shape index (κ1) is 21.6. The van der Waals surface area contributed by atoms with Gasteiger partial charge in [-0.15, -0.1) is 0 Å². The van der Waals surface area contributed by atoms with E-state index in [4.69, 9.17) is 4.74 Å². The number of aliphatic hydroxyl groups excluding tert-OH is 2. The molecule has 2 aromatic carbocycles. The summed E-state index contributed by atoms with van der Waals surface area (Å²) in [5.74, 6) is 1.87. The first-order valence-electron chi connectivity index (χ1n) is 10.9. The number of aryl methyl sites for hydroxylation is 2. The van der Waals surface area contributed by atoms with Crippen molar-refractivity contribution in [3.63, 3.8) is 0 Å². The van der Waals surface area contributed by atoms with Gasteiger partial charge in [-0.3, -0.25) is 4.90 Å². The molecule has 0 aliphatic carbocycles.